The van der Waals surface area contributed by atoms with Crippen molar-refractivity contribution in [3.63, 3.8) is 0 Å². The highest BCUT2D eigenvalue weighted by Crippen LogP contribution is 2.17. The second-order valence-corrected chi connectivity index (χ2v) is 4.36. The van der Waals surface area contributed by atoms with Gasteiger partial charge in [-0.3, -0.25) is 0 Å². The Morgan fingerprint density at radius 3 is 2.53 bits per heavy atom. The summed E-state index contributed by atoms with van der Waals surface area (Å²) in [5.74, 6) is -0.558. The smallest absolute Gasteiger partial charge is 0.339 e. The van der Waals surface area contributed by atoms with Crippen LogP contribution in [0, 0.1) is 0 Å². The van der Waals surface area contributed by atoms with Gasteiger partial charge in [-0.15, -0.1) is 0 Å². The van der Waals surface area contributed by atoms with E-state index in [2.05, 4.69) is 5.32 Å². The van der Waals surface area contributed by atoms with Crippen molar-refractivity contribution in [1.29, 1.82) is 0 Å². The monoisotopic (exact) mass is 260 g/mol. The molecule has 100 valence electrons. The predicted octanol–water partition coefficient (Wildman–Crippen LogP) is 2.66. The maximum atomic E-state index is 10.9. The summed E-state index contributed by atoms with van der Waals surface area (Å²) in [5, 5.41) is 12.1. The third-order valence-electron chi connectivity index (χ3n) is 2.81. The van der Waals surface area contributed by atoms with Crippen LogP contribution in [0.3, 0.4) is 0 Å². The van der Waals surface area contributed by atoms with Crippen LogP contribution in [0.15, 0.2) is 41.0 Å². The lowest BCUT2D eigenvalue weighted by Crippen LogP contribution is -2.08. The van der Waals surface area contributed by atoms with Gasteiger partial charge in [0.15, 0.2) is 0 Å². The number of nitrogens with zero attached hydrogens (tertiary/aromatic N) is 1. The van der Waals surface area contributed by atoms with Gasteiger partial charge in [0.1, 0.15) is 11.3 Å². The molecule has 1 heterocycles. The van der Waals surface area contributed by atoms with Gasteiger partial charge >= 0.3 is 5.97 Å². The van der Waals surface area contributed by atoms with Gasteiger partial charge in [-0.2, -0.15) is 0 Å². The van der Waals surface area contributed by atoms with Crippen LogP contribution in [0.1, 0.15) is 16.1 Å². The Morgan fingerprint density at radius 2 is 1.95 bits per heavy atom. The van der Waals surface area contributed by atoms with Crippen molar-refractivity contribution in [1.82, 2.24) is 0 Å². The first-order chi connectivity index (χ1) is 9.08. The van der Waals surface area contributed by atoms with Gasteiger partial charge in [0.05, 0.1) is 12.8 Å². The van der Waals surface area contributed by atoms with Crippen molar-refractivity contribution >= 4 is 17.3 Å². The average molecular weight is 260 g/mol. The van der Waals surface area contributed by atoms with Gasteiger partial charge in [0.2, 0.25) is 0 Å². The molecule has 0 atom stereocenters. The van der Waals surface area contributed by atoms with Crippen LogP contribution in [0.25, 0.3) is 0 Å². The number of hydrogen-bond acceptors (Lipinski definition) is 4. The summed E-state index contributed by atoms with van der Waals surface area (Å²) in [4.78, 5) is 12.9. The number of carboxylic acid groups (broad SMARTS) is 1. The number of nitrogens with one attached hydrogen (secondary N) is 1. The molecular weight excluding hydrogens is 244 g/mol. The number of carbonyl (C=O) groups is 1. The minimum absolute atomic E-state index is 0.192. The third kappa shape index (κ3) is 3.07. The quantitative estimate of drug-likeness (QED) is 0.865. The fourth-order valence-corrected chi connectivity index (χ4v) is 1.73. The highest BCUT2D eigenvalue weighted by Gasteiger charge is 2.12. The topological polar surface area (TPSA) is 65.7 Å². The molecule has 2 N–H and O–H groups in total. The van der Waals surface area contributed by atoms with Crippen LogP contribution in [0.4, 0.5) is 11.4 Å². The highest BCUT2D eigenvalue weighted by atomic mass is 16.4. The molecule has 1 aromatic carbocycles. The molecule has 2 aromatic rings. The first-order valence-corrected chi connectivity index (χ1v) is 5.89. The summed E-state index contributed by atoms with van der Waals surface area (Å²) in [6.07, 6.45) is 1.38. The molecule has 0 radical (unpaired) electrons. The van der Waals surface area contributed by atoms with Crippen LogP contribution in [-0.4, -0.2) is 25.2 Å². The molecule has 0 spiro atoms. The molecule has 0 fully saturated rings. The van der Waals surface area contributed by atoms with Gasteiger partial charge in [-0.05, 0) is 30.3 Å². The molecule has 1 aromatic heterocycles. The van der Waals surface area contributed by atoms with Crippen molar-refractivity contribution in [3.05, 3.63) is 47.9 Å². The molecule has 0 saturated heterocycles. The van der Waals surface area contributed by atoms with Gasteiger partial charge in [-0.25, -0.2) is 4.79 Å². The Morgan fingerprint density at radius 1 is 1.26 bits per heavy atom. The zero-order valence-electron chi connectivity index (χ0n) is 10.9. The van der Waals surface area contributed by atoms with E-state index in [9.17, 15) is 4.79 Å². The number of anilines is 2. The number of benzene rings is 1. The SMILES string of the molecule is CN(C)c1ccc(NCc2occc2C(=O)O)cc1. The normalized spacial score (nSPS) is 10.2. The zero-order valence-corrected chi connectivity index (χ0v) is 10.9. The van der Waals surface area contributed by atoms with Gasteiger partial charge in [0, 0.05) is 25.5 Å². The Bertz CT molecular complexity index is 558. The van der Waals surface area contributed by atoms with E-state index in [4.69, 9.17) is 9.52 Å². The fraction of sp³-hybridized carbons (Fsp3) is 0.214. The maximum Gasteiger partial charge on any atom is 0.339 e. The van der Waals surface area contributed by atoms with Crippen molar-refractivity contribution < 1.29 is 14.3 Å². The summed E-state index contributed by atoms with van der Waals surface area (Å²) in [6, 6.07) is 9.32. The first kappa shape index (κ1) is 13.0. The molecule has 0 amide bonds. The summed E-state index contributed by atoms with van der Waals surface area (Å²) in [7, 11) is 3.95. The first-order valence-electron chi connectivity index (χ1n) is 5.89. The van der Waals surface area contributed by atoms with E-state index in [1.165, 1.54) is 12.3 Å². The van der Waals surface area contributed by atoms with E-state index in [0.29, 0.717) is 12.3 Å². The maximum absolute atomic E-state index is 10.9. The Balaban J connectivity index is 2.02. The molecule has 0 aliphatic heterocycles. The molecule has 19 heavy (non-hydrogen) atoms. The molecule has 0 unspecified atom stereocenters. The largest absolute Gasteiger partial charge is 0.478 e. The van der Waals surface area contributed by atoms with E-state index in [-0.39, 0.29) is 5.56 Å². The lowest BCUT2D eigenvalue weighted by molar-refractivity contribution is 0.0694. The van der Waals surface area contributed by atoms with Crippen molar-refractivity contribution in [2.45, 2.75) is 6.54 Å². The number of hydrogen-bond donors (Lipinski definition) is 2. The van der Waals surface area contributed by atoms with Crippen LogP contribution in [-0.2, 0) is 6.54 Å². The van der Waals surface area contributed by atoms with E-state index >= 15 is 0 Å². The van der Waals surface area contributed by atoms with Crippen molar-refractivity contribution in [3.8, 4) is 0 Å². The van der Waals surface area contributed by atoms with Gasteiger partial charge < -0.3 is 19.7 Å². The second-order valence-electron chi connectivity index (χ2n) is 4.36. The summed E-state index contributed by atoms with van der Waals surface area (Å²) in [6.45, 7) is 0.343. The number of rotatable bonds is 5. The minimum Gasteiger partial charge on any atom is -0.478 e. The Labute approximate surface area is 111 Å². The third-order valence-corrected chi connectivity index (χ3v) is 2.81. The summed E-state index contributed by atoms with van der Waals surface area (Å²) in [5.41, 5.74) is 2.21. The Kier molecular flexibility index (Phi) is 3.75. The standard InChI is InChI=1S/C14H16N2O3/c1-16(2)11-5-3-10(4-6-11)15-9-13-12(14(17)18)7-8-19-13/h3-8,15H,9H2,1-2H3,(H,17,18). The molecule has 5 heteroatoms. The van der Waals surface area contributed by atoms with Crippen LogP contribution < -0.4 is 10.2 Å². The molecule has 2 rings (SSSR count). The number of carboxylic acids is 1. The molecule has 0 bridgehead atoms. The van der Waals surface area contributed by atoms with Gasteiger partial charge in [0.25, 0.3) is 0 Å². The predicted molar refractivity (Wildman–Crippen MR) is 73.8 cm³/mol. The second kappa shape index (κ2) is 5.48. The van der Waals surface area contributed by atoms with E-state index in [1.54, 1.807) is 0 Å². The molecular formula is C14H16N2O3. The average Bonchev–Trinajstić information content (AvgIpc) is 2.85. The van der Waals surface area contributed by atoms with E-state index < -0.39 is 5.97 Å². The molecule has 0 aliphatic carbocycles. The molecule has 5 nitrogen and oxygen atoms in total. The van der Waals surface area contributed by atoms with Crippen LogP contribution in [0.5, 0.6) is 0 Å². The van der Waals surface area contributed by atoms with Crippen LogP contribution >= 0.6 is 0 Å². The van der Waals surface area contributed by atoms with Crippen molar-refractivity contribution in [2.75, 3.05) is 24.3 Å². The lowest BCUT2D eigenvalue weighted by Gasteiger charge is -2.13. The van der Waals surface area contributed by atoms with Crippen molar-refractivity contribution in [2.24, 2.45) is 0 Å². The highest BCUT2D eigenvalue weighted by molar-refractivity contribution is 5.88. The van der Waals surface area contributed by atoms with E-state index in [1.807, 2.05) is 43.3 Å². The Hall–Kier alpha value is -2.43. The van der Waals surface area contributed by atoms with E-state index in [0.717, 1.165) is 11.4 Å². The van der Waals surface area contributed by atoms with Gasteiger partial charge in [-0.1, -0.05) is 0 Å². The van der Waals surface area contributed by atoms with Crippen LogP contribution in [0.2, 0.25) is 0 Å². The number of furan rings is 1. The fourth-order valence-electron chi connectivity index (χ4n) is 1.73. The zero-order chi connectivity index (χ0) is 13.8. The number of aromatic carboxylic acids is 1. The molecule has 0 aliphatic rings. The minimum atomic E-state index is -0.978. The molecule has 0 saturated carbocycles. The summed E-state index contributed by atoms with van der Waals surface area (Å²) >= 11 is 0. The lowest BCUT2D eigenvalue weighted by atomic mass is 10.2. The summed E-state index contributed by atoms with van der Waals surface area (Å²) < 4.78 is 5.16.